The molecule has 0 saturated heterocycles. The van der Waals surface area contributed by atoms with Crippen LogP contribution in [0.15, 0.2) is 54.6 Å². The first-order chi connectivity index (χ1) is 14.0. The van der Waals surface area contributed by atoms with Gasteiger partial charge in [-0.3, -0.25) is 9.59 Å². The lowest BCUT2D eigenvalue weighted by atomic mass is 9.79. The molecule has 0 heterocycles. The molecule has 3 rings (SSSR count). The van der Waals surface area contributed by atoms with Gasteiger partial charge in [-0.1, -0.05) is 37.1 Å². The molecule has 0 aliphatic heterocycles. The van der Waals surface area contributed by atoms with Gasteiger partial charge < -0.3 is 15.8 Å². The van der Waals surface area contributed by atoms with Crippen LogP contribution in [-0.2, 0) is 15.0 Å². The Labute approximate surface area is 169 Å². The number of carbonyl (C=O) groups excluding carboxylic acids is 2. The van der Waals surface area contributed by atoms with Gasteiger partial charge in [0.15, 0.2) is 6.61 Å². The fourth-order valence-corrected chi connectivity index (χ4v) is 3.74. The number of ether oxygens (including phenoxy) is 1. The summed E-state index contributed by atoms with van der Waals surface area (Å²) in [5.41, 5.74) is 6.82. The Morgan fingerprint density at radius 1 is 1.07 bits per heavy atom. The van der Waals surface area contributed by atoms with Crippen LogP contribution in [0.3, 0.4) is 0 Å². The third-order valence-corrected chi connectivity index (χ3v) is 5.31. The van der Waals surface area contributed by atoms with Gasteiger partial charge in [0.25, 0.3) is 5.91 Å². The summed E-state index contributed by atoms with van der Waals surface area (Å²) in [6.45, 7) is 0.356. The van der Waals surface area contributed by atoms with Crippen LogP contribution >= 0.6 is 0 Å². The summed E-state index contributed by atoms with van der Waals surface area (Å²) in [7, 11) is 0. The van der Waals surface area contributed by atoms with E-state index in [0.29, 0.717) is 12.3 Å². The zero-order valence-corrected chi connectivity index (χ0v) is 16.2. The first-order valence-corrected chi connectivity index (χ1v) is 9.70. The highest BCUT2D eigenvalue weighted by Gasteiger charge is 2.35. The summed E-state index contributed by atoms with van der Waals surface area (Å²) in [6.07, 6.45) is 7.38. The fraction of sp³-hybridized carbons (Fsp3) is 0.304. The van der Waals surface area contributed by atoms with Crippen molar-refractivity contribution >= 4 is 17.9 Å². The van der Waals surface area contributed by atoms with Crippen molar-refractivity contribution in [2.24, 2.45) is 5.73 Å². The van der Waals surface area contributed by atoms with E-state index in [1.807, 2.05) is 12.1 Å². The summed E-state index contributed by atoms with van der Waals surface area (Å²) in [6, 6.07) is 13.6. The van der Waals surface area contributed by atoms with Crippen molar-refractivity contribution in [2.75, 3.05) is 13.2 Å². The van der Waals surface area contributed by atoms with Gasteiger partial charge in [0.2, 0.25) is 5.91 Å². The number of primary amides is 1. The molecule has 6 heteroatoms. The minimum Gasteiger partial charge on any atom is -0.484 e. The van der Waals surface area contributed by atoms with Crippen LogP contribution in [0.4, 0.5) is 4.39 Å². The Bertz CT molecular complexity index is 870. The summed E-state index contributed by atoms with van der Waals surface area (Å²) in [4.78, 5) is 23.0. The molecular formula is C23H25FN2O3. The minimum absolute atomic E-state index is 0.128. The Balaban J connectivity index is 1.57. The molecule has 5 nitrogen and oxygen atoms in total. The molecule has 0 radical (unpaired) electrons. The number of rotatable bonds is 8. The number of hydrogen-bond donors (Lipinski definition) is 2. The summed E-state index contributed by atoms with van der Waals surface area (Å²) < 4.78 is 18.5. The van der Waals surface area contributed by atoms with Crippen LogP contribution in [0, 0.1) is 5.82 Å². The van der Waals surface area contributed by atoms with Crippen molar-refractivity contribution in [3.63, 3.8) is 0 Å². The third-order valence-electron chi connectivity index (χ3n) is 5.31. The normalized spacial score (nSPS) is 15.3. The molecule has 2 aromatic carbocycles. The SMILES string of the molecule is NC(=O)COc1ccc(C=CC(=O)NCC2(c3ccc(F)cc3)CCCC2)cc1. The largest absolute Gasteiger partial charge is 0.484 e. The molecule has 1 aliphatic carbocycles. The summed E-state index contributed by atoms with van der Waals surface area (Å²) >= 11 is 0. The quantitative estimate of drug-likeness (QED) is 0.672. The lowest BCUT2D eigenvalue weighted by Crippen LogP contribution is -2.38. The van der Waals surface area contributed by atoms with Gasteiger partial charge in [0, 0.05) is 18.0 Å². The smallest absolute Gasteiger partial charge is 0.255 e. The molecule has 29 heavy (non-hydrogen) atoms. The van der Waals surface area contributed by atoms with Crippen LogP contribution in [0.2, 0.25) is 0 Å². The molecule has 0 bridgehead atoms. The Morgan fingerprint density at radius 3 is 2.34 bits per heavy atom. The van der Waals surface area contributed by atoms with Crippen molar-refractivity contribution in [1.29, 1.82) is 0 Å². The van der Waals surface area contributed by atoms with Crippen molar-refractivity contribution in [2.45, 2.75) is 31.1 Å². The van der Waals surface area contributed by atoms with Crippen LogP contribution < -0.4 is 15.8 Å². The fourth-order valence-electron chi connectivity index (χ4n) is 3.74. The van der Waals surface area contributed by atoms with E-state index >= 15 is 0 Å². The lowest BCUT2D eigenvalue weighted by molar-refractivity contribution is -0.120. The number of hydrogen-bond acceptors (Lipinski definition) is 3. The van der Waals surface area contributed by atoms with Gasteiger partial charge in [-0.05, 0) is 54.3 Å². The highest BCUT2D eigenvalue weighted by molar-refractivity contribution is 5.91. The van der Waals surface area contributed by atoms with Crippen molar-refractivity contribution in [1.82, 2.24) is 5.32 Å². The van der Waals surface area contributed by atoms with E-state index in [9.17, 15) is 14.0 Å². The minimum atomic E-state index is -0.536. The van der Waals surface area contributed by atoms with Crippen LogP contribution in [0.25, 0.3) is 6.08 Å². The van der Waals surface area contributed by atoms with Gasteiger partial charge >= 0.3 is 0 Å². The molecule has 152 valence electrons. The van der Waals surface area contributed by atoms with Gasteiger partial charge in [-0.2, -0.15) is 0 Å². The zero-order chi connectivity index (χ0) is 20.7. The average Bonchev–Trinajstić information content (AvgIpc) is 3.20. The van der Waals surface area contributed by atoms with E-state index in [4.69, 9.17) is 10.5 Å². The lowest BCUT2D eigenvalue weighted by Gasteiger charge is -2.29. The average molecular weight is 396 g/mol. The Hall–Kier alpha value is -3.15. The molecule has 0 unspecified atom stereocenters. The predicted molar refractivity (Wildman–Crippen MR) is 110 cm³/mol. The van der Waals surface area contributed by atoms with Gasteiger partial charge in [0.05, 0.1) is 0 Å². The van der Waals surface area contributed by atoms with Gasteiger partial charge in [-0.15, -0.1) is 0 Å². The maximum absolute atomic E-state index is 13.3. The van der Waals surface area contributed by atoms with Gasteiger partial charge in [-0.25, -0.2) is 4.39 Å². The molecule has 0 atom stereocenters. The standard InChI is InChI=1S/C23H25FN2O3/c24-19-8-6-18(7-9-19)23(13-1-2-14-23)16-26-22(28)12-5-17-3-10-20(11-4-17)29-15-21(25)27/h3-12H,1-2,13-16H2,(H2,25,27)(H,26,28). The Morgan fingerprint density at radius 2 is 1.72 bits per heavy atom. The van der Waals surface area contributed by atoms with Crippen LogP contribution in [0.5, 0.6) is 5.75 Å². The number of carbonyl (C=O) groups is 2. The molecule has 1 fully saturated rings. The number of nitrogens with two attached hydrogens (primary N) is 1. The molecular weight excluding hydrogens is 371 g/mol. The maximum atomic E-state index is 13.3. The van der Waals surface area contributed by atoms with Gasteiger partial charge in [0.1, 0.15) is 11.6 Å². The van der Waals surface area contributed by atoms with Crippen LogP contribution in [0.1, 0.15) is 36.8 Å². The third kappa shape index (κ3) is 5.67. The second-order valence-electron chi connectivity index (χ2n) is 7.37. The van der Waals surface area contributed by atoms with E-state index in [2.05, 4.69) is 5.32 Å². The van der Waals surface area contributed by atoms with Crippen LogP contribution in [-0.4, -0.2) is 25.0 Å². The Kier molecular flexibility index (Phi) is 6.65. The van der Waals surface area contributed by atoms with Crippen molar-refractivity contribution in [3.8, 4) is 5.75 Å². The highest BCUT2D eigenvalue weighted by atomic mass is 19.1. The molecule has 0 aromatic heterocycles. The summed E-state index contributed by atoms with van der Waals surface area (Å²) in [5.74, 6) is -0.424. The number of amides is 2. The molecule has 3 N–H and O–H groups in total. The van der Waals surface area contributed by atoms with Crippen molar-refractivity contribution < 1.29 is 18.7 Å². The molecule has 2 amide bonds. The van der Waals surface area contributed by atoms with Crippen molar-refractivity contribution in [3.05, 3.63) is 71.6 Å². The first kappa shape index (κ1) is 20.6. The second kappa shape index (κ2) is 9.37. The maximum Gasteiger partial charge on any atom is 0.255 e. The predicted octanol–water partition coefficient (Wildman–Crippen LogP) is 3.33. The molecule has 2 aromatic rings. The highest BCUT2D eigenvalue weighted by Crippen LogP contribution is 2.40. The topological polar surface area (TPSA) is 81.4 Å². The summed E-state index contributed by atoms with van der Waals surface area (Å²) in [5, 5.41) is 3.00. The molecule has 1 saturated carbocycles. The first-order valence-electron chi connectivity index (χ1n) is 9.70. The monoisotopic (exact) mass is 396 g/mol. The number of benzene rings is 2. The van der Waals surface area contributed by atoms with E-state index < -0.39 is 5.91 Å². The zero-order valence-electron chi connectivity index (χ0n) is 16.2. The second-order valence-corrected chi connectivity index (χ2v) is 7.37. The van der Waals surface area contributed by atoms with E-state index in [1.54, 1.807) is 30.3 Å². The number of nitrogens with one attached hydrogen (secondary N) is 1. The molecule has 0 spiro atoms. The van der Waals surface area contributed by atoms with E-state index in [-0.39, 0.29) is 23.7 Å². The molecule has 1 aliphatic rings. The number of halogens is 1. The van der Waals surface area contributed by atoms with E-state index in [1.165, 1.54) is 18.2 Å². The van der Waals surface area contributed by atoms with E-state index in [0.717, 1.165) is 36.8 Å².